The largest absolute Gasteiger partial charge is 0.496 e. The molecule has 0 aliphatic heterocycles. The van der Waals surface area contributed by atoms with E-state index in [2.05, 4.69) is 27.4 Å². The van der Waals surface area contributed by atoms with Crippen molar-refractivity contribution in [3.8, 4) is 0 Å². The van der Waals surface area contributed by atoms with Crippen LogP contribution in [0, 0.1) is 0 Å². The fraction of sp³-hybridized carbons (Fsp3) is 0.889. The zero-order chi connectivity index (χ0) is 15.1. The Kier molecular flexibility index (Phi) is 14.5. The van der Waals surface area contributed by atoms with Crippen molar-refractivity contribution in [2.75, 3.05) is 13.2 Å². The molecule has 0 aromatic carbocycles. The lowest BCUT2D eigenvalue weighted by Crippen LogP contribution is -2.18. The number of hydrogen-bond acceptors (Lipinski definition) is 2. The van der Waals surface area contributed by atoms with Crippen molar-refractivity contribution >= 4 is 0 Å². The van der Waals surface area contributed by atoms with Gasteiger partial charge in [0.2, 0.25) is 0 Å². The van der Waals surface area contributed by atoms with Crippen LogP contribution in [0.15, 0.2) is 12.3 Å². The highest BCUT2D eigenvalue weighted by atomic mass is 16.5. The highest BCUT2D eigenvalue weighted by Crippen LogP contribution is 2.16. The second-order valence-electron chi connectivity index (χ2n) is 5.58. The fourth-order valence-corrected chi connectivity index (χ4v) is 2.14. The Bertz CT molecular complexity index is 213. The van der Waals surface area contributed by atoms with E-state index in [1.54, 1.807) is 0 Å². The maximum atomic E-state index is 5.99. The molecule has 2 heteroatoms. The summed E-state index contributed by atoms with van der Waals surface area (Å²) in [6.45, 7) is 12.4. The predicted octanol–water partition coefficient (Wildman–Crippen LogP) is 5.86. The quantitative estimate of drug-likeness (QED) is 0.277. The van der Waals surface area contributed by atoms with E-state index in [0.29, 0.717) is 0 Å². The molecule has 0 N–H and O–H groups in total. The standard InChI is InChI=1S/C18H36O2/c1-5-8-11-14-18(20-16-13-10-7-3)17(4)19-15-12-9-6-2/h18H,4-16H2,1-3H3. The Labute approximate surface area is 126 Å². The molecule has 2 nitrogen and oxygen atoms in total. The normalized spacial score (nSPS) is 12.3. The molecule has 120 valence electrons. The smallest absolute Gasteiger partial charge is 0.118 e. The molecular weight excluding hydrogens is 248 g/mol. The van der Waals surface area contributed by atoms with Crippen LogP contribution >= 0.6 is 0 Å². The number of hydrogen-bond donors (Lipinski definition) is 0. The molecule has 0 aliphatic carbocycles. The van der Waals surface area contributed by atoms with Crippen molar-refractivity contribution < 1.29 is 9.47 Å². The topological polar surface area (TPSA) is 18.5 Å². The van der Waals surface area contributed by atoms with Gasteiger partial charge in [-0.2, -0.15) is 0 Å². The van der Waals surface area contributed by atoms with E-state index in [9.17, 15) is 0 Å². The first-order chi connectivity index (χ1) is 9.76. The molecule has 0 bridgehead atoms. The molecule has 20 heavy (non-hydrogen) atoms. The second kappa shape index (κ2) is 14.9. The summed E-state index contributed by atoms with van der Waals surface area (Å²) in [6.07, 6.45) is 12.0. The van der Waals surface area contributed by atoms with E-state index < -0.39 is 0 Å². The minimum atomic E-state index is 0.0973. The molecule has 1 unspecified atom stereocenters. The van der Waals surface area contributed by atoms with Crippen LogP contribution < -0.4 is 0 Å². The minimum Gasteiger partial charge on any atom is -0.496 e. The molecule has 1 atom stereocenters. The van der Waals surface area contributed by atoms with Gasteiger partial charge >= 0.3 is 0 Å². The van der Waals surface area contributed by atoms with Gasteiger partial charge < -0.3 is 9.47 Å². The molecular formula is C18H36O2. The van der Waals surface area contributed by atoms with Crippen LogP contribution in [0.5, 0.6) is 0 Å². The van der Waals surface area contributed by atoms with Crippen molar-refractivity contribution in [1.82, 2.24) is 0 Å². The van der Waals surface area contributed by atoms with Gasteiger partial charge in [0.25, 0.3) is 0 Å². The van der Waals surface area contributed by atoms with E-state index >= 15 is 0 Å². The zero-order valence-corrected chi connectivity index (χ0v) is 14.1. The van der Waals surface area contributed by atoms with Gasteiger partial charge in [0, 0.05) is 6.61 Å². The number of ether oxygens (including phenoxy) is 2. The van der Waals surface area contributed by atoms with Crippen LogP contribution in [-0.4, -0.2) is 19.3 Å². The lowest BCUT2D eigenvalue weighted by Gasteiger charge is -2.21. The monoisotopic (exact) mass is 284 g/mol. The van der Waals surface area contributed by atoms with Gasteiger partial charge in [0.15, 0.2) is 0 Å². The third-order valence-electron chi connectivity index (χ3n) is 3.53. The van der Waals surface area contributed by atoms with Crippen LogP contribution in [0.25, 0.3) is 0 Å². The second-order valence-corrected chi connectivity index (χ2v) is 5.58. The van der Waals surface area contributed by atoms with Gasteiger partial charge in [-0.25, -0.2) is 0 Å². The summed E-state index contributed by atoms with van der Waals surface area (Å²) in [5.74, 6) is 0.841. The molecule has 0 aromatic rings. The molecule has 0 fully saturated rings. The van der Waals surface area contributed by atoms with Gasteiger partial charge in [-0.15, -0.1) is 0 Å². The number of rotatable bonds is 15. The lowest BCUT2D eigenvalue weighted by molar-refractivity contribution is 0.0215. The van der Waals surface area contributed by atoms with Gasteiger partial charge in [-0.1, -0.05) is 72.3 Å². The first-order valence-electron chi connectivity index (χ1n) is 8.69. The van der Waals surface area contributed by atoms with Crippen LogP contribution in [0.4, 0.5) is 0 Å². The van der Waals surface area contributed by atoms with Crippen molar-refractivity contribution in [2.24, 2.45) is 0 Å². The molecule has 0 heterocycles. The molecule has 0 spiro atoms. The molecule has 0 saturated carbocycles. The Morgan fingerprint density at radius 3 is 1.95 bits per heavy atom. The van der Waals surface area contributed by atoms with Crippen molar-refractivity contribution in [2.45, 2.75) is 91.1 Å². The van der Waals surface area contributed by atoms with Crippen LogP contribution in [-0.2, 0) is 9.47 Å². The van der Waals surface area contributed by atoms with Gasteiger partial charge in [-0.3, -0.25) is 0 Å². The molecule has 0 radical (unpaired) electrons. The van der Waals surface area contributed by atoms with Crippen molar-refractivity contribution in [3.63, 3.8) is 0 Å². The Morgan fingerprint density at radius 1 is 0.800 bits per heavy atom. The molecule has 0 aromatic heterocycles. The number of unbranched alkanes of at least 4 members (excludes halogenated alkanes) is 6. The molecule has 0 aliphatic rings. The van der Waals surface area contributed by atoms with Crippen LogP contribution in [0.1, 0.15) is 85.0 Å². The molecule has 0 amide bonds. The van der Waals surface area contributed by atoms with E-state index in [1.165, 1.54) is 44.9 Å². The predicted molar refractivity (Wildman–Crippen MR) is 88.0 cm³/mol. The Hall–Kier alpha value is -0.500. The summed E-state index contributed by atoms with van der Waals surface area (Å²) < 4.78 is 11.8. The van der Waals surface area contributed by atoms with Crippen molar-refractivity contribution in [1.29, 1.82) is 0 Å². The van der Waals surface area contributed by atoms with Crippen molar-refractivity contribution in [3.05, 3.63) is 12.3 Å². The Balaban J connectivity index is 3.95. The van der Waals surface area contributed by atoms with Gasteiger partial charge in [0.1, 0.15) is 11.9 Å². The highest BCUT2D eigenvalue weighted by molar-refractivity contribution is 4.92. The third kappa shape index (κ3) is 11.3. The van der Waals surface area contributed by atoms with Gasteiger partial charge in [-0.05, 0) is 19.3 Å². The van der Waals surface area contributed by atoms with Crippen LogP contribution in [0.2, 0.25) is 0 Å². The van der Waals surface area contributed by atoms with E-state index in [0.717, 1.165) is 38.2 Å². The average Bonchev–Trinajstić information content (AvgIpc) is 2.46. The molecule has 0 rings (SSSR count). The summed E-state index contributed by atoms with van der Waals surface area (Å²) in [7, 11) is 0. The first-order valence-corrected chi connectivity index (χ1v) is 8.69. The fourth-order valence-electron chi connectivity index (χ4n) is 2.14. The summed E-state index contributed by atoms with van der Waals surface area (Å²) >= 11 is 0. The van der Waals surface area contributed by atoms with Gasteiger partial charge in [0.05, 0.1) is 6.61 Å². The van der Waals surface area contributed by atoms with E-state index in [-0.39, 0.29) is 6.10 Å². The van der Waals surface area contributed by atoms with E-state index in [1.807, 2.05) is 0 Å². The summed E-state index contributed by atoms with van der Waals surface area (Å²) in [4.78, 5) is 0. The first kappa shape index (κ1) is 19.5. The van der Waals surface area contributed by atoms with E-state index in [4.69, 9.17) is 9.47 Å². The lowest BCUT2D eigenvalue weighted by atomic mass is 10.1. The summed E-state index contributed by atoms with van der Waals surface area (Å²) in [5, 5.41) is 0. The maximum Gasteiger partial charge on any atom is 0.118 e. The van der Waals surface area contributed by atoms with Crippen LogP contribution in [0.3, 0.4) is 0 Å². The maximum absolute atomic E-state index is 5.99. The third-order valence-corrected chi connectivity index (χ3v) is 3.53. The SMILES string of the molecule is C=C(OCCCCC)C(CCCCC)OCCCCC. The summed E-state index contributed by atoms with van der Waals surface area (Å²) in [6, 6.07) is 0. The summed E-state index contributed by atoms with van der Waals surface area (Å²) in [5.41, 5.74) is 0. The Morgan fingerprint density at radius 2 is 1.35 bits per heavy atom. The molecule has 0 saturated heterocycles. The highest BCUT2D eigenvalue weighted by Gasteiger charge is 2.14. The zero-order valence-electron chi connectivity index (χ0n) is 14.1. The average molecular weight is 284 g/mol. The minimum absolute atomic E-state index is 0.0973.